The van der Waals surface area contributed by atoms with Crippen molar-refractivity contribution < 1.29 is 14.2 Å². The minimum absolute atomic E-state index is 0.00625. The maximum atomic E-state index is 6.14. The maximum absolute atomic E-state index is 6.14. The van der Waals surface area contributed by atoms with Gasteiger partial charge < -0.3 is 19.9 Å². The molecule has 0 aliphatic carbocycles. The molecule has 0 bridgehead atoms. The van der Waals surface area contributed by atoms with Crippen LogP contribution in [0.2, 0.25) is 0 Å². The molecule has 1 aromatic carbocycles. The second-order valence-corrected chi connectivity index (χ2v) is 4.92. The Morgan fingerprint density at radius 3 is 2.62 bits per heavy atom. The lowest BCUT2D eigenvalue weighted by Gasteiger charge is -2.36. The quantitative estimate of drug-likeness (QED) is 0.727. The first-order valence-corrected chi connectivity index (χ1v) is 5.43. The summed E-state index contributed by atoms with van der Waals surface area (Å²) >= 11 is 0. The van der Waals surface area contributed by atoms with E-state index in [1.807, 2.05) is 26.0 Å². The molecule has 0 amide bonds. The monoisotopic (exact) mass is 221 g/mol. The molecular formula is C12H15NO3. The van der Waals surface area contributed by atoms with Gasteiger partial charge in [0, 0.05) is 24.1 Å². The highest BCUT2D eigenvalue weighted by Gasteiger charge is 2.33. The minimum Gasteiger partial charge on any atom is -0.487 e. The van der Waals surface area contributed by atoms with Gasteiger partial charge >= 0.3 is 0 Å². The molecule has 0 saturated heterocycles. The number of rotatable bonds is 0. The van der Waals surface area contributed by atoms with Crippen molar-refractivity contribution >= 4 is 0 Å². The zero-order valence-electron chi connectivity index (χ0n) is 9.45. The fraction of sp³-hybridized carbons (Fsp3) is 0.500. The van der Waals surface area contributed by atoms with Gasteiger partial charge in [-0.15, -0.1) is 0 Å². The van der Waals surface area contributed by atoms with E-state index in [9.17, 15) is 0 Å². The normalized spacial score (nSPS) is 24.8. The number of nitrogens with two attached hydrogens (primary N) is 1. The Morgan fingerprint density at radius 2 is 1.88 bits per heavy atom. The molecule has 86 valence electrons. The zero-order chi connectivity index (χ0) is 11.3. The van der Waals surface area contributed by atoms with Crippen molar-refractivity contribution in [3.05, 3.63) is 17.7 Å². The van der Waals surface area contributed by atoms with E-state index >= 15 is 0 Å². The van der Waals surface area contributed by atoms with Gasteiger partial charge in [-0.2, -0.15) is 0 Å². The summed E-state index contributed by atoms with van der Waals surface area (Å²) < 4.78 is 16.6. The lowest BCUT2D eigenvalue weighted by Crippen LogP contribution is -2.37. The second kappa shape index (κ2) is 3.04. The highest BCUT2D eigenvalue weighted by Crippen LogP contribution is 2.45. The van der Waals surface area contributed by atoms with Gasteiger partial charge in [-0.1, -0.05) is 0 Å². The molecule has 0 spiro atoms. The molecule has 0 radical (unpaired) electrons. The lowest BCUT2D eigenvalue weighted by atomic mass is 9.90. The van der Waals surface area contributed by atoms with E-state index < -0.39 is 0 Å². The molecular weight excluding hydrogens is 206 g/mol. The molecule has 1 atom stereocenters. The Labute approximate surface area is 94.3 Å². The first-order valence-electron chi connectivity index (χ1n) is 5.43. The van der Waals surface area contributed by atoms with Gasteiger partial charge in [-0.25, -0.2) is 0 Å². The summed E-state index contributed by atoms with van der Waals surface area (Å²) in [5.41, 5.74) is 6.92. The summed E-state index contributed by atoms with van der Waals surface area (Å²) in [6.07, 6.45) is 0.805. The Kier molecular flexibility index (Phi) is 1.86. The van der Waals surface area contributed by atoms with Crippen molar-refractivity contribution in [2.24, 2.45) is 5.73 Å². The minimum atomic E-state index is -0.222. The number of hydrogen-bond donors (Lipinski definition) is 1. The SMILES string of the molecule is CC1(C)CC(N)c2cc3c(cc2O1)OCO3. The predicted octanol–water partition coefficient (Wildman–Crippen LogP) is 1.98. The van der Waals surface area contributed by atoms with Crippen molar-refractivity contribution in [2.45, 2.75) is 31.9 Å². The van der Waals surface area contributed by atoms with E-state index in [0.29, 0.717) is 0 Å². The van der Waals surface area contributed by atoms with E-state index in [0.717, 1.165) is 29.2 Å². The average Bonchev–Trinajstić information content (AvgIpc) is 2.60. The Morgan fingerprint density at radius 1 is 1.19 bits per heavy atom. The Balaban J connectivity index is 2.09. The van der Waals surface area contributed by atoms with Gasteiger partial charge in [-0.3, -0.25) is 0 Å². The van der Waals surface area contributed by atoms with Crippen LogP contribution < -0.4 is 19.9 Å². The molecule has 2 aliphatic heterocycles. The van der Waals surface area contributed by atoms with Crippen molar-refractivity contribution in [1.29, 1.82) is 0 Å². The van der Waals surface area contributed by atoms with Crippen LogP contribution in [0.5, 0.6) is 17.2 Å². The summed E-state index contributed by atoms with van der Waals surface area (Å²) in [6, 6.07) is 3.80. The van der Waals surface area contributed by atoms with E-state index in [2.05, 4.69) is 0 Å². The van der Waals surface area contributed by atoms with E-state index in [1.54, 1.807) is 0 Å². The van der Waals surface area contributed by atoms with Gasteiger partial charge in [0.2, 0.25) is 6.79 Å². The maximum Gasteiger partial charge on any atom is 0.231 e. The summed E-state index contributed by atoms with van der Waals surface area (Å²) in [6.45, 7) is 4.36. The Hall–Kier alpha value is -1.42. The molecule has 1 aromatic rings. The molecule has 2 aliphatic rings. The smallest absolute Gasteiger partial charge is 0.231 e. The van der Waals surface area contributed by atoms with Crippen LogP contribution in [-0.4, -0.2) is 12.4 Å². The molecule has 2 N–H and O–H groups in total. The van der Waals surface area contributed by atoms with Gasteiger partial charge in [0.1, 0.15) is 11.4 Å². The highest BCUT2D eigenvalue weighted by atomic mass is 16.7. The molecule has 3 rings (SSSR count). The fourth-order valence-electron chi connectivity index (χ4n) is 2.30. The summed E-state index contributed by atoms with van der Waals surface area (Å²) in [7, 11) is 0. The van der Waals surface area contributed by atoms with Gasteiger partial charge in [0.15, 0.2) is 11.5 Å². The summed E-state index contributed by atoms with van der Waals surface area (Å²) in [4.78, 5) is 0. The first-order chi connectivity index (χ1) is 7.55. The van der Waals surface area contributed by atoms with E-state index in [-0.39, 0.29) is 18.4 Å². The molecule has 0 aromatic heterocycles. The van der Waals surface area contributed by atoms with Crippen LogP contribution in [0.3, 0.4) is 0 Å². The third-order valence-electron chi connectivity index (χ3n) is 3.00. The standard InChI is InChI=1S/C12H15NO3/c1-12(2)5-8(13)7-3-10-11(15-6-14-10)4-9(7)16-12/h3-4,8H,5-6,13H2,1-2H3. The van der Waals surface area contributed by atoms with Crippen LogP contribution in [-0.2, 0) is 0 Å². The molecule has 4 nitrogen and oxygen atoms in total. The molecule has 16 heavy (non-hydrogen) atoms. The number of fused-ring (bicyclic) bond motifs is 2. The van der Waals surface area contributed by atoms with Crippen molar-refractivity contribution in [3.8, 4) is 17.2 Å². The van der Waals surface area contributed by atoms with Crippen LogP contribution in [0.15, 0.2) is 12.1 Å². The molecule has 1 unspecified atom stereocenters. The highest BCUT2D eigenvalue weighted by molar-refractivity contribution is 5.53. The van der Waals surface area contributed by atoms with Gasteiger partial charge in [-0.05, 0) is 19.9 Å². The first kappa shape index (κ1) is 9.78. The second-order valence-electron chi connectivity index (χ2n) is 4.92. The fourth-order valence-corrected chi connectivity index (χ4v) is 2.30. The predicted molar refractivity (Wildman–Crippen MR) is 58.8 cm³/mol. The topological polar surface area (TPSA) is 53.7 Å². The molecule has 0 fully saturated rings. The van der Waals surface area contributed by atoms with Crippen molar-refractivity contribution in [3.63, 3.8) is 0 Å². The van der Waals surface area contributed by atoms with E-state index in [1.165, 1.54) is 0 Å². The van der Waals surface area contributed by atoms with Crippen LogP contribution in [0, 0.1) is 0 Å². The Bertz CT molecular complexity index is 442. The third kappa shape index (κ3) is 1.41. The molecule has 4 heteroatoms. The molecule has 2 heterocycles. The van der Waals surface area contributed by atoms with Crippen molar-refractivity contribution in [1.82, 2.24) is 0 Å². The van der Waals surface area contributed by atoms with Crippen LogP contribution in [0.4, 0.5) is 0 Å². The lowest BCUT2D eigenvalue weighted by molar-refractivity contribution is 0.0726. The number of benzene rings is 1. The zero-order valence-corrected chi connectivity index (χ0v) is 9.45. The number of ether oxygens (including phenoxy) is 3. The average molecular weight is 221 g/mol. The largest absolute Gasteiger partial charge is 0.487 e. The van der Waals surface area contributed by atoms with E-state index in [4.69, 9.17) is 19.9 Å². The number of hydrogen-bond acceptors (Lipinski definition) is 4. The van der Waals surface area contributed by atoms with Crippen molar-refractivity contribution in [2.75, 3.05) is 6.79 Å². The summed E-state index contributed by atoms with van der Waals surface area (Å²) in [5, 5.41) is 0. The van der Waals surface area contributed by atoms with Crippen LogP contribution in [0.1, 0.15) is 31.9 Å². The van der Waals surface area contributed by atoms with Crippen LogP contribution >= 0.6 is 0 Å². The molecule has 0 saturated carbocycles. The van der Waals surface area contributed by atoms with Gasteiger partial charge in [0.05, 0.1) is 0 Å². The van der Waals surface area contributed by atoms with Crippen LogP contribution in [0.25, 0.3) is 0 Å². The third-order valence-corrected chi connectivity index (χ3v) is 3.00. The van der Waals surface area contributed by atoms with Gasteiger partial charge in [0.25, 0.3) is 0 Å². The summed E-state index contributed by atoms with van der Waals surface area (Å²) in [5.74, 6) is 2.31.